The molecule has 0 bridgehead atoms. The van der Waals surface area contributed by atoms with Gasteiger partial charge in [-0.2, -0.15) is 4.72 Å². The summed E-state index contributed by atoms with van der Waals surface area (Å²) in [4.78, 5) is 20.9. The van der Waals surface area contributed by atoms with Crippen molar-refractivity contribution in [2.45, 2.75) is 23.9 Å². The molecule has 2 aromatic carbocycles. The van der Waals surface area contributed by atoms with Crippen LogP contribution >= 0.6 is 0 Å². The first kappa shape index (κ1) is 24.0. The molecule has 1 N–H and O–H groups in total. The smallest absolute Gasteiger partial charge is 0.244 e. The van der Waals surface area contributed by atoms with Crippen LogP contribution in [0.1, 0.15) is 11.1 Å². The molecule has 7 nitrogen and oxygen atoms in total. The van der Waals surface area contributed by atoms with Crippen molar-refractivity contribution in [3.63, 3.8) is 0 Å². The van der Waals surface area contributed by atoms with E-state index in [0.29, 0.717) is 26.2 Å². The maximum absolute atomic E-state index is 14.2. The molecule has 4 rings (SSSR count). The molecule has 2 heterocycles. The van der Waals surface area contributed by atoms with E-state index >= 15 is 0 Å². The number of sulfonamides is 1. The van der Waals surface area contributed by atoms with Crippen molar-refractivity contribution in [1.29, 1.82) is 0 Å². The molecule has 9 heteroatoms. The van der Waals surface area contributed by atoms with Gasteiger partial charge in [-0.05, 0) is 41.8 Å². The second kappa shape index (κ2) is 10.9. The average Bonchev–Trinajstić information content (AvgIpc) is 2.85. The van der Waals surface area contributed by atoms with Crippen LogP contribution in [0.25, 0.3) is 0 Å². The van der Waals surface area contributed by atoms with Crippen LogP contribution < -0.4 is 4.72 Å². The molecule has 1 atom stereocenters. The lowest BCUT2D eigenvalue weighted by molar-refractivity contribution is -0.134. The number of amides is 1. The van der Waals surface area contributed by atoms with E-state index in [2.05, 4.69) is 14.6 Å². The lowest BCUT2D eigenvalue weighted by atomic mass is 10.1. The highest BCUT2D eigenvalue weighted by molar-refractivity contribution is 7.89. The SMILES string of the molecule is O=C([C@@H](Cc1ccccc1)NS(=O)(=O)c1ccccc1F)N1CCN(Cc2ccncc2)CC1. The van der Waals surface area contributed by atoms with Crippen molar-refractivity contribution in [1.82, 2.24) is 19.5 Å². The number of benzene rings is 2. The van der Waals surface area contributed by atoms with E-state index in [9.17, 15) is 17.6 Å². The maximum atomic E-state index is 14.2. The van der Waals surface area contributed by atoms with Crippen LogP contribution in [0.5, 0.6) is 0 Å². The minimum Gasteiger partial charge on any atom is -0.339 e. The molecule has 1 aromatic heterocycles. The third kappa shape index (κ3) is 6.05. The number of aromatic nitrogens is 1. The Labute approximate surface area is 199 Å². The zero-order valence-corrected chi connectivity index (χ0v) is 19.5. The second-order valence-corrected chi connectivity index (χ2v) is 9.93. The van der Waals surface area contributed by atoms with Crippen LogP contribution in [-0.4, -0.2) is 61.3 Å². The highest BCUT2D eigenvalue weighted by atomic mass is 32.2. The van der Waals surface area contributed by atoms with Crippen LogP contribution in [-0.2, 0) is 27.8 Å². The number of halogens is 1. The lowest BCUT2D eigenvalue weighted by Gasteiger charge is -2.36. The Morgan fingerprint density at radius 2 is 1.56 bits per heavy atom. The Morgan fingerprint density at radius 1 is 0.912 bits per heavy atom. The molecule has 1 aliphatic rings. The predicted octanol–water partition coefficient (Wildman–Crippen LogP) is 2.45. The Hall–Kier alpha value is -3.14. The molecule has 1 aliphatic heterocycles. The van der Waals surface area contributed by atoms with E-state index in [-0.39, 0.29) is 12.3 Å². The van der Waals surface area contributed by atoms with Gasteiger partial charge >= 0.3 is 0 Å². The van der Waals surface area contributed by atoms with Crippen molar-refractivity contribution in [3.8, 4) is 0 Å². The second-order valence-electron chi connectivity index (χ2n) is 8.25. The minimum atomic E-state index is -4.23. The summed E-state index contributed by atoms with van der Waals surface area (Å²) < 4.78 is 42.6. The molecule has 1 amide bonds. The van der Waals surface area contributed by atoms with E-state index in [1.54, 1.807) is 17.3 Å². The molecule has 3 aromatic rings. The Bertz CT molecular complexity index is 1200. The molecular weight excluding hydrogens is 455 g/mol. The Kier molecular flexibility index (Phi) is 7.66. The van der Waals surface area contributed by atoms with Crippen molar-refractivity contribution in [3.05, 3.63) is 96.1 Å². The Morgan fingerprint density at radius 3 is 2.24 bits per heavy atom. The van der Waals surface area contributed by atoms with Crippen LogP contribution in [0.4, 0.5) is 4.39 Å². The zero-order chi connectivity index (χ0) is 24.0. The number of piperazine rings is 1. The number of nitrogens with one attached hydrogen (secondary N) is 1. The fourth-order valence-electron chi connectivity index (χ4n) is 4.04. The standard InChI is InChI=1S/C25H27FN4O3S/c26-22-8-4-5-9-24(22)34(32,33)28-23(18-20-6-2-1-3-7-20)25(31)30-16-14-29(15-17-30)19-21-10-12-27-13-11-21/h1-13,23,28H,14-19H2/t23-/m1/s1. The molecule has 1 fully saturated rings. The monoisotopic (exact) mass is 482 g/mol. The third-order valence-electron chi connectivity index (χ3n) is 5.84. The van der Waals surface area contributed by atoms with Gasteiger partial charge in [0.15, 0.2) is 0 Å². The van der Waals surface area contributed by atoms with Gasteiger partial charge in [-0.15, -0.1) is 0 Å². The maximum Gasteiger partial charge on any atom is 0.244 e. The van der Waals surface area contributed by atoms with Gasteiger partial charge in [-0.1, -0.05) is 42.5 Å². The van der Waals surface area contributed by atoms with Gasteiger partial charge in [0.1, 0.15) is 16.8 Å². The zero-order valence-electron chi connectivity index (χ0n) is 18.7. The fourth-order valence-corrected chi connectivity index (χ4v) is 5.30. The Balaban J connectivity index is 1.47. The number of carbonyl (C=O) groups is 1. The van der Waals surface area contributed by atoms with Gasteiger partial charge < -0.3 is 4.90 Å². The normalized spacial score (nSPS) is 15.7. The number of hydrogen-bond donors (Lipinski definition) is 1. The first-order chi connectivity index (χ1) is 16.4. The number of nitrogens with zero attached hydrogens (tertiary/aromatic N) is 3. The van der Waals surface area contributed by atoms with Gasteiger partial charge in [0.25, 0.3) is 0 Å². The number of carbonyl (C=O) groups excluding carboxylic acids is 1. The van der Waals surface area contributed by atoms with E-state index in [1.165, 1.54) is 18.2 Å². The summed E-state index contributed by atoms with van der Waals surface area (Å²) in [7, 11) is -4.23. The van der Waals surface area contributed by atoms with Gasteiger partial charge in [0.2, 0.25) is 15.9 Å². The first-order valence-corrected chi connectivity index (χ1v) is 12.6. The van der Waals surface area contributed by atoms with Gasteiger partial charge in [0, 0.05) is 45.1 Å². The quantitative estimate of drug-likeness (QED) is 0.533. The topological polar surface area (TPSA) is 82.6 Å². The molecule has 1 saturated heterocycles. The molecule has 0 saturated carbocycles. The molecule has 0 spiro atoms. The molecule has 0 radical (unpaired) electrons. The predicted molar refractivity (Wildman–Crippen MR) is 127 cm³/mol. The van der Waals surface area contributed by atoms with Crippen molar-refractivity contribution in [2.75, 3.05) is 26.2 Å². The lowest BCUT2D eigenvalue weighted by Crippen LogP contribution is -2.55. The summed E-state index contributed by atoms with van der Waals surface area (Å²) in [5.74, 6) is -1.17. The van der Waals surface area contributed by atoms with Crippen LogP contribution in [0.2, 0.25) is 0 Å². The fraction of sp³-hybridized carbons (Fsp3) is 0.280. The van der Waals surface area contributed by atoms with Crippen LogP contribution in [0, 0.1) is 5.82 Å². The summed E-state index contributed by atoms with van der Waals surface area (Å²) >= 11 is 0. The van der Waals surface area contributed by atoms with Crippen LogP contribution in [0.3, 0.4) is 0 Å². The molecule has 34 heavy (non-hydrogen) atoms. The average molecular weight is 483 g/mol. The summed E-state index contributed by atoms with van der Waals surface area (Å²) in [6.07, 6.45) is 3.68. The highest BCUT2D eigenvalue weighted by Crippen LogP contribution is 2.17. The molecule has 0 aliphatic carbocycles. The molecular formula is C25H27FN4O3S. The number of pyridine rings is 1. The van der Waals surface area contributed by atoms with E-state index in [1.807, 2.05) is 42.5 Å². The first-order valence-electron chi connectivity index (χ1n) is 11.1. The van der Waals surface area contributed by atoms with Crippen molar-refractivity contribution >= 4 is 15.9 Å². The van der Waals surface area contributed by atoms with E-state index < -0.39 is 26.8 Å². The largest absolute Gasteiger partial charge is 0.339 e. The van der Waals surface area contributed by atoms with Crippen molar-refractivity contribution < 1.29 is 17.6 Å². The summed E-state index contributed by atoms with van der Waals surface area (Å²) in [6, 6.07) is 17.2. The molecule has 178 valence electrons. The summed E-state index contributed by atoms with van der Waals surface area (Å²) in [5.41, 5.74) is 1.96. The third-order valence-corrected chi connectivity index (χ3v) is 7.35. The number of rotatable bonds is 8. The van der Waals surface area contributed by atoms with Gasteiger partial charge in [-0.3, -0.25) is 14.7 Å². The summed E-state index contributed by atoms with van der Waals surface area (Å²) in [5, 5.41) is 0. The molecule has 0 unspecified atom stereocenters. The van der Waals surface area contributed by atoms with Crippen molar-refractivity contribution in [2.24, 2.45) is 0 Å². The minimum absolute atomic E-state index is 0.171. The summed E-state index contributed by atoms with van der Waals surface area (Å²) in [6.45, 7) is 3.07. The van der Waals surface area contributed by atoms with Crippen LogP contribution in [0.15, 0.2) is 84.0 Å². The van der Waals surface area contributed by atoms with E-state index in [4.69, 9.17) is 0 Å². The number of hydrogen-bond acceptors (Lipinski definition) is 5. The van der Waals surface area contributed by atoms with Gasteiger partial charge in [-0.25, -0.2) is 12.8 Å². The highest BCUT2D eigenvalue weighted by Gasteiger charge is 2.32. The van der Waals surface area contributed by atoms with Gasteiger partial charge in [0.05, 0.1) is 0 Å². The van der Waals surface area contributed by atoms with E-state index in [0.717, 1.165) is 23.7 Å².